The zero-order chi connectivity index (χ0) is 14.6. The molecule has 1 rings (SSSR count). The Hall–Kier alpha value is -0.740. The molecule has 2 nitrogen and oxygen atoms in total. The van der Waals surface area contributed by atoms with Gasteiger partial charge >= 0.3 is 0 Å². The van der Waals surface area contributed by atoms with Gasteiger partial charge in [0, 0.05) is 23.4 Å². The molecule has 1 aromatic carbocycles. The summed E-state index contributed by atoms with van der Waals surface area (Å²) in [5, 5.41) is 0. The quantitative estimate of drug-likeness (QED) is 0.891. The molecule has 2 N–H and O–H groups in total. The highest BCUT2D eigenvalue weighted by molar-refractivity contribution is 9.10. The lowest BCUT2D eigenvalue weighted by atomic mass is 9.86. The highest BCUT2D eigenvalue weighted by Gasteiger charge is 2.19. The van der Waals surface area contributed by atoms with E-state index in [4.69, 9.17) is 5.73 Å². The van der Waals surface area contributed by atoms with E-state index >= 15 is 0 Å². The van der Waals surface area contributed by atoms with Crippen LogP contribution in [0.5, 0.6) is 0 Å². The van der Waals surface area contributed by atoms with Crippen molar-refractivity contribution in [2.75, 3.05) is 0 Å². The molecule has 4 heteroatoms. The number of nitrogens with two attached hydrogens (primary N) is 1. The third-order valence-electron chi connectivity index (χ3n) is 2.76. The molecule has 0 saturated carbocycles. The summed E-state index contributed by atoms with van der Waals surface area (Å²) in [4.78, 5) is 11.9. The van der Waals surface area contributed by atoms with Gasteiger partial charge in [0.05, 0.1) is 0 Å². The number of benzene rings is 1. The molecule has 0 aliphatic carbocycles. The zero-order valence-electron chi connectivity index (χ0n) is 11.7. The van der Waals surface area contributed by atoms with Gasteiger partial charge in [-0.2, -0.15) is 0 Å². The second-order valence-corrected chi connectivity index (χ2v) is 7.10. The minimum Gasteiger partial charge on any atom is -0.327 e. The van der Waals surface area contributed by atoms with Gasteiger partial charge in [-0.15, -0.1) is 0 Å². The van der Waals surface area contributed by atoms with Crippen molar-refractivity contribution >= 4 is 21.7 Å². The van der Waals surface area contributed by atoms with Gasteiger partial charge in [0.25, 0.3) is 0 Å². The fourth-order valence-corrected chi connectivity index (χ4v) is 2.52. The van der Waals surface area contributed by atoms with Gasteiger partial charge < -0.3 is 5.73 Å². The first kappa shape index (κ1) is 16.3. The molecule has 0 spiro atoms. The van der Waals surface area contributed by atoms with Crippen LogP contribution >= 0.6 is 15.9 Å². The highest BCUT2D eigenvalue weighted by atomic mass is 79.9. The molecule has 0 bridgehead atoms. The van der Waals surface area contributed by atoms with Crippen LogP contribution < -0.4 is 5.73 Å². The summed E-state index contributed by atoms with van der Waals surface area (Å²) in [6.07, 6.45) is 1.17. The molecule has 0 heterocycles. The molecule has 0 aliphatic heterocycles. The van der Waals surface area contributed by atoms with E-state index in [0.29, 0.717) is 12.0 Å². The van der Waals surface area contributed by atoms with E-state index < -0.39 is 0 Å². The molecule has 0 fully saturated rings. The maximum atomic E-state index is 13.5. The maximum absolute atomic E-state index is 13.5. The van der Waals surface area contributed by atoms with Gasteiger partial charge in [-0.25, -0.2) is 4.39 Å². The second kappa shape index (κ2) is 6.62. The molecule has 1 unspecified atom stereocenters. The lowest BCUT2D eigenvalue weighted by Gasteiger charge is -2.22. The van der Waals surface area contributed by atoms with E-state index in [0.717, 1.165) is 10.9 Å². The Labute approximate surface area is 122 Å². The molecule has 1 atom stereocenters. The Morgan fingerprint density at radius 1 is 1.42 bits per heavy atom. The molecule has 0 aromatic heterocycles. The summed E-state index contributed by atoms with van der Waals surface area (Å²) in [7, 11) is 0. The van der Waals surface area contributed by atoms with Crippen LogP contribution in [0.1, 0.15) is 39.2 Å². The molecule has 0 radical (unpaired) electrons. The molecule has 0 saturated heterocycles. The van der Waals surface area contributed by atoms with Crippen LogP contribution in [0.25, 0.3) is 0 Å². The molecule has 106 valence electrons. The Morgan fingerprint density at radius 3 is 2.63 bits per heavy atom. The summed E-state index contributed by atoms with van der Waals surface area (Å²) in [6, 6.07) is 4.46. The van der Waals surface area contributed by atoms with Crippen molar-refractivity contribution in [1.29, 1.82) is 0 Å². The van der Waals surface area contributed by atoms with Crippen LogP contribution in [0.3, 0.4) is 0 Å². The van der Waals surface area contributed by atoms with Crippen LogP contribution in [0, 0.1) is 11.2 Å². The van der Waals surface area contributed by atoms with Crippen LogP contribution in [0.2, 0.25) is 0 Å². The monoisotopic (exact) mass is 329 g/mol. The third-order valence-corrected chi connectivity index (χ3v) is 3.25. The smallest absolute Gasteiger partial charge is 0.138 e. The van der Waals surface area contributed by atoms with Gasteiger partial charge in [-0.3, -0.25) is 4.79 Å². The lowest BCUT2D eigenvalue weighted by molar-refractivity contribution is -0.118. The Balaban J connectivity index is 2.58. The average molecular weight is 330 g/mol. The standard InChI is InChI=1S/C15H21BrFNO/c1-15(2,3)9-12(18)8-13(19)7-10-6-11(16)4-5-14(10)17/h4-6,12H,7-9,18H2,1-3H3. The SMILES string of the molecule is CC(C)(C)CC(N)CC(=O)Cc1cc(Br)ccc1F. The molecular formula is C15H21BrFNO. The predicted molar refractivity (Wildman–Crippen MR) is 79.5 cm³/mol. The van der Waals surface area contributed by atoms with Crippen molar-refractivity contribution in [3.63, 3.8) is 0 Å². The van der Waals surface area contributed by atoms with Gasteiger partial charge in [-0.05, 0) is 35.6 Å². The van der Waals surface area contributed by atoms with Gasteiger partial charge in [0.15, 0.2) is 0 Å². The van der Waals surface area contributed by atoms with Gasteiger partial charge in [0.2, 0.25) is 0 Å². The summed E-state index contributed by atoms with van der Waals surface area (Å²) in [5.74, 6) is -0.366. The summed E-state index contributed by atoms with van der Waals surface area (Å²) >= 11 is 3.27. The fourth-order valence-electron chi connectivity index (χ4n) is 2.11. The van der Waals surface area contributed by atoms with E-state index in [1.54, 1.807) is 12.1 Å². The normalized spacial score (nSPS) is 13.4. The molecule has 0 amide bonds. The van der Waals surface area contributed by atoms with Crippen LogP contribution in [0.4, 0.5) is 4.39 Å². The van der Waals surface area contributed by atoms with Crippen molar-refractivity contribution in [3.05, 3.63) is 34.1 Å². The number of halogens is 2. The second-order valence-electron chi connectivity index (χ2n) is 6.18. The molecular weight excluding hydrogens is 309 g/mol. The minimum absolute atomic E-state index is 0.0197. The number of ketones is 1. The van der Waals surface area contributed by atoms with Crippen LogP contribution in [-0.4, -0.2) is 11.8 Å². The Morgan fingerprint density at radius 2 is 2.05 bits per heavy atom. The average Bonchev–Trinajstić information content (AvgIpc) is 2.20. The van der Waals surface area contributed by atoms with Crippen molar-refractivity contribution in [1.82, 2.24) is 0 Å². The zero-order valence-corrected chi connectivity index (χ0v) is 13.3. The maximum Gasteiger partial charge on any atom is 0.138 e. The van der Waals surface area contributed by atoms with Crippen molar-refractivity contribution in [2.45, 2.75) is 46.1 Å². The van der Waals surface area contributed by atoms with E-state index in [9.17, 15) is 9.18 Å². The first-order valence-electron chi connectivity index (χ1n) is 6.38. The molecule has 1 aromatic rings. The number of carbonyl (C=O) groups is 1. The number of rotatable bonds is 5. The van der Waals surface area contributed by atoms with Crippen molar-refractivity contribution in [2.24, 2.45) is 11.1 Å². The Kier molecular flexibility index (Phi) is 5.68. The van der Waals surface area contributed by atoms with Gasteiger partial charge in [0.1, 0.15) is 11.6 Å². The highest BCUT2D eigenvalue weighted by Crippen LogP contribution is 2.22. The first-order valence-corrected chi connectivity index (χ1v) is 7.18. The number of carbonyl (C=O) groups excluding carboxylic acids is 1. The van der Waals surface area contributed by atoms with Crippen LogP contribution in [0.15, 0.2) is 22.7 Å². The number of hydrogen-bond donors (Lipinski definition) is 1. The summed E-state index contributed by atoms with van der Waals surface area (Å²) in [5.41, 5.74) is 6.48. The lowest BCUT2D eigenvalue weighted by Crippen LogP contribution is -2.29. The fraction of sp³-hybridized carbons (Fsp3) is 0.533. The molecule has 19 heavy (non-hydrogen) atoms. The van der Waals surface area contributed by atoms with Gasteiger partial charge in [-0.1, -0.05) is 36.7 Å². The first-order chi connectivity index (χ1) is 8.67. The summed E-state index contributed by atoms with van der Waals surface area (Å²) in [6.45, 7) is 6.27. The third kappa shape index (κ3) is 6.30. The van der Waals surface area contributed by atoms with E-state index in [-0.39, 0.29) is 29.5 Å². The van der Waals surface area contributed by atoms with E-state index in [2.05, 4.69) is 36.7 Å². The molecule has 0 aliphatic rings. The largest absolute Gasteiger partial charge is 0.327 e. The summed E-state index contributed by atoms with van der Waals surface area (Å²) < 4.78 is 14.3. The predicted octanol–water partition coefficient (Wildman–Crippen LogP) is 3.85. The number of hydrogen-bond acceptors (Lipinski definition) is 2. The van der Waals surface area contributed by atoms with E-state index in [1.807, 2.05) is 0 Å². The Bertz CT molecular complexity index is 454. The van der Waals surface area contributed by atoms with Crippen molar-refractivity contribution in [3.8, 4) is 0 Å². The van der Waals surface area contributed by atoms with Crippen LogP contribution in [-0.2, 0) is 11.2 Å². The number of Topliss-reactive ketones (excluding diaryl/α,β-unsaturated/α-hetero) is 1. The van der Waals surface area contributed by atoms with E-state index in [1.165, 1.54) is 6.07 Å². The minimum atomic E-state index is -0.346. The van der Waals surface area contributed by atoms with Crippen molar-refractivity contribution < 1.29 is 9.18 Å². The topological polar surface area (TPSA) is 43.1 Å².